The van der Waals surface area contributed by atoms with E-state index in [2.05, 4.69) is 42.0 Å². The Morgan fingerprint density at radius 3 is 2.63 bits per heavy atom. The normalized spacial score (nSPS) is 20.1. The number of nitrogens with zero attached hydrogens (tertiary/aromatic N) is 5. The molecular formula is C16H23ClN8O4Pt-3. The van der Waals surface area contributed by atoms with Gasteiger partial charge in [0.1, 0.15) is 0 Å². The van der Waals surface area contributed by atoms with Gasteiger partial charge in [-0.3, -0.25) is 15.1 Å². The van der Waals surface area contributed by atoms with Gasteiger partial charge in [0, 0.05) is 6.54 Å². The molecule has 1 aromatic heterocycles. The summed E-state index contributed by atoms with van der Waals surface area (Å²) in [5.41, 5.74) is 8.14. The van der Waals surface area contributed by atoms with Crippen LogP contribution in [0, 0.1) is 21.5 Å². The predicted molar refractivity (Wildman–Crippen MR) is 109 cm³/mol. The van der Waals surface area contributed by atoms with Crippen LogP contribution in [0.2, 0.25) is 0 Å². The van der Waals surface area contributed by atoms with Gasteiger partial charge in [0.25, 0.3) is 5.91 Å². The summed E-state index contributed by atoms with van der Waals surface area (Å²) in [6.45, 7) is 2.75. The number of nitrogens with two attached hydrogens (primary N) is 2. The first-order valence-electron chi connectivity index (χ1n) is 8.63. The first-order chi connectivity index (χ1) is 13.9. The molecule has 3 aliphatic rings. The van der Waals surface area contributed by atoms with Crippen molar-refractivity contribution >= 4 is 27.6 Å². The van der Waals surface area contributed by atoms with E-state index in [4.69, 9.17) is 21.1 Å². The third-order valence-corrected chi connectivity index (χ3v) is 4.19. The number of carbonyl (C=O) groups excluding carboxylic acids is 1. The number of rotatable bonds is 1. The van der Waals surface area contributed by atoms with Crippen LogP contribution in [0.3, 0.4) is 0 Å². The van der Waals surface area contributed by atoms with Crippen molar-refractivity contribution in [2.24, 2.45) is 15.7 Å². The molecule has 2 unspecified atom stereocenters. The molecular weight excluding hydrogens is 599 g/mol. The fourth-order valence-electron chi connectivity index (χ4n) is 2.95. The van der Waals surface area contributed by atoms with Crippen LogP contribution in [0.1, 0.15) is 31.0 Å². The molecule has 1 amide bonds. The van der Waals surface area contributed by atoms with Crippen LogP contribution < -0.4 is 11.1 Å². The van der Waals surface area contributed by atoms with Crippen molar-refractivity contribution in [3.05, 3.63) is 51.1 Å². The molecule has 3 heterocycles. The summed E-state index contributed by atoms with van der Waals surface area (Å²) in [5, 5.41) is 17.2. The molecule has 2 aliphatic heterocycles. The monoisotopic (exact) mass is 621 g/mol. The SMILES string of the molecule is CCN1C=NC2C(=O)NC(N)=NC21.O=[N+]([O-])[O-].[Cl][Pt].[NH2-].[c-]1ccc2c(n1)CCCC2. The number of aromatic nitrogens is 1. The van der Waals surface area contributed by atoms with Gasteiger partial charge in [0.2, 0.25) is 0 Å². The van der Waals surface area contributed by atoms with Crippen molar-refractivity contribution in [2.75, 3.05) is 6.54 Å². The Kier molecular flexibility index (Phi) is 13.5. The van der Waals surface area contributed by atoms with Gasteiger partial charge in [-0.1, -0.05) is 31.2 Å². The zero-order chi connectivity index (χ0) is 21.8. The zero-order valence-electron chi connectivity index (χ0n) is 16.1. The molecule has 0 saturated carbocycles. The van der Waals surface area contributed by atoms with Gasteiger partial charge in [-0.2, -0.15) is 12.1 Å². The number of amides is 1. The average Bonchev–Trinajstić information content (AvgIpc) is 3.13. The van der Waals surface area contributed by atoms with Gasteiger partial charge < -0.3 is 37.1 Å². The first-order valence-corrected chi connectivity index (χ1v) is 11.5. The van der Waals surface area contributed by atoms with E-state index in [9.17, 15) is 4.79 Å². The fraction of sp³-hybridized carbons (Fsp3) is 0.500. The second-order valence-electron chi connectivity index (χ2n) is 5.93. The minimum absolute atomic E-state index is 0. The standard InChI is InChI=1S/C9H10N.C7H11N5O.ClH.NO3.H2N.Pt/c1-2-6-9-8(4-1)5-3-7-10-9;1-2-12-3-9-4-5(12)10-7(8)11-6(4)13;;2-1(3)4;;/h3,5H,1-2,4,6H2;3-5H,2H2,1H3,(H3,8,10,11,13);1H;;1H2;/q-1;;;2*-1;+1/p-1. The van der Waals surface area contributed by atoms with Crippen LogP contribution in [0.15, 0.2) is 22.1 Å². The molecule has 4 rings (SSSR count). The molecule has 171 valence electrons. The van der Waals surface area contributed by atoms with Crippen molar-refractivity contribution in [3.8, 4) is 0 Å². The van der Waals surface area contributed by atoms with Crippen molar-refractivity contribution < 1.29 is 28.7 Å². The van der Waals surface area contributed by atoms with Crippen molar-refractivity contribution in [3.63, 3.8) is 0 Å². The van der Waals surface area contributed by atoms with Crippen molar-refractivity contribution in [1.82, 2.24) is 15.2 Å². The van der Waals surface area contributed by atoms with E-state index in [1.54, 1.807) is 25.1 Å². The quantitative estimate of drug-likeness (QED) is 0.268. The fourth-order valence-corrected chi connectivity index (χ4v) is 2.95. The number of carbonyl (C=O) groups is 1. The number of aliphatic imine (C=N–C) groups is 2. The molecule has 12 nitrogen and oxygen atoms in total. The van der Waals surface area contributed by atoms with Gasteiger partial charge in [-0.25, -0.2) is 4.99 Å². The third-order valence-electron chi connectivity index (χ3n) is 4.19. The van der Waals surface area contributed by atoms with E-state index in [0.717, 1.165) is 13.0 Å². The van der Waals surface area contributed by atoms with Gasteiger partial charge >= 0.3 is 28.2 Å². The summed E-state index contributed by atoms with van der Waals surface area (Å²) < 4.78 is 0. The molecule has 0 fully saturated rings. The number of halogens is 1. The van der Waals surface area contributed by atoms with Crippen LogP contribution in [-0.4, -0.2) is 51.9 Å². The molecule has 0 radical (unpaired) electrons. The van der Waals surface area contributed by atoms with Crippen molar-refractivity contribution in [2.45, 2.75) is 44.8 Å². The maximum absolute atomic E-state index is 11.3. The summed E-state index contributed by atoms with van der Waals surface area (Å²) >= 11 is 1.61. The predicted octanol–water partition coefficient (Wildman–Crippen LogP) is 1.41. The second-order valence-corrected chi connectivity index (χ2v) is 5.93. The number of guanidine groups is 1. The Labute approximate surface area is 189 Å². The molecule has 0 spiro atoms. The van der Waals surface area contributed by atoms with E-state index < -0.39 is 11.1 Å². The largest absolute Gasteiger partial charge is 0.693 e. The van der Waals surface area contributed by atoms with Gasteiger partial charge in [-0.05, 0) is 13.3 Å². The molecule has 0 aromatic carbocycles. The molecule has 1 aromatic rings. The molecule has 5 N–H and O–H groups in total. The van der Waals surface area contributed by atoms with Crippen LogP contribution in [0.4, 0.5) is 0 Å². The second kappa shape index (κ2) is 14.6. The number of nitrogens with one attached hydrogen (secondary N) is 1. The summed E-state index contributed by atoms with van der Waals surface area (Å²) in [4.78, 5) is 33.8. The van der Waals surface area contributed by atoms with E-state index in [1.807, 2.05) is 17.9 Å². The van der Waals surface area contributed by atoms with E-state index in [1.165, 1.54) is 30.5 Å². The summed E-state index contributed by atoms with van der Waals surface area (Å²) in [6, 6.07) is 3.62. The zero-order valence-corrected chi connectivity index (χ0v) is 19.2. The smallest absolute Gasteiger partial charge is 0.0489 e. The molecule has 14 heteroatoms. The van der Waals surface area contributed by atoms with Crippen LogP contribution in [-0.2, 0) is 36.4 Å². The summed E-state index contributed by atoms with van der Waals surface area (Å²) in [6.07, 6.45) is 9.30. The van der Waals surface area contributed by atoms with Gasteiger partial charge in [0.15, 0.2) is 18.2 Å². The maximum Gasteiger partial charge on any atom is -0.0489 e. The number of fused-ring (bicyclic) bond motifs is 2. The van der Waals surface area contributed by atoms with Gasteiger partial charge in [-0.15, -0.1) is 5.56 Å². The molecule has 0 bridgehead atoms. The van der Waals surface area contributed by atoms with E-state index >= 15 is 0 Å². The molecule has 2 atom stereocenters. The molecule has 0 saturated heterocycles. The Hall–Kier alpha value is -2.30. The van der Waals surface area contributed by atoms with E-state index in [0.29, 0.717) is 0 Å². The Balaban J connectivity index is 0.000000442. The number of aryl methyl sites for hydroxylation is 2. The minimum Gasteiger partial charge on any atom is -0.693 e. The van der Waals surface area contributed by atoms with Crippen molar-refractivity contribution in [1.29, 1.82) is 0 Å². The Morgan fingerprint density at radius 2 is 2.03 bits per heavy atom. The topological polar surface area (TPSA) is 196 Å². The minimum atomic E-state index is -1.75. The number of hydrogen-bond donors (Lipinski definition) is 2. The van der Waals surface area contributed by atoms with Gasteiger partial charge in [0.05, 0.1) is 11.4 Å². The first kappa shape index (κ1) is 27.7. The average molecular weight is 622 g/mol. The summed E-state index contributed by atoms with van der Waals surface area (Å²) in [7, 11) is 4.61. The van der Waals surface area contributed by atoms with Crippen LogP contribution >= 0.6 is 9.42 Å². The van der Waals surface area contributed by atoms with E-state index in [-0.39, 0.29) is 24.2 Å². The Morgan fingerprint density at radius 1 is 1.40 bits per heavy atom. The number of hydrogen-bond acceptors (Lipinski definition) is 9. The number of likely N-dealkylation sites (N-methyl/N-ethyl adjacent to an activating group) is 1. The van der Waals surface area contributed by atoms with Crippen LogP contribution in [0.5, 0.6) is 0 Å². The third kappa shape index (κ3) is 8.60. The summed E-state index contributed by atoms with van der Waals surface area (Å²) in [5.74, 6) is -0.0000926. The maximum atomic E-state index is 11.3. The number of pyridine rings is 1. The van der Waals surface area contributed by atoms with Crippen LogP contribution in [0.25, 0.3) is 6.15 Å². The Bertz CT molecular complexity index is 723. The molecule has 1 aliphatic carbocycles. The molecule has 30 heavy (non-hydrogen) atoms.